The molecule has 9 heteroatoms. The summed E-state index contributed by atoms with van der Waals surface area (Å²) in [6.45, 7) is 3.50. The van der Waals surface area contributed by atoms with Crippen molar-refractivity contribution >= 4 is 28.3 Å². The van der Waals surface area contributed by atoms with Crippen LogP contribution in [0.25, 0.3) is 22.0 Å². The average Bonchev–Trinajstić information content (AvgIpc) is 3.15. The molecule has 1 unspecified atom stereocenters. The molecule has 2 aromatic heterocycles. The summed E-state index contributed by atoms with van der Waals surface area (Å²) in [6.07, 6.45) is 2.58. The van der Waals surface area contributed by atoms with Crippen molar-refractivity contribution in [2.24, 2.45) is 5.41 Å². The third-order valence-corrected chi connectivity index (χ3v) is 6.62. The Hall–Kier alpha value is -4.14. The van der Waals surface area contributed by atoms with E-state index in [0.29, 0.717) is 28.6 Å². The van der Waals surface area contributed by atoms with Gasteiger partial charge < -0.3 is 15.8 Å². The molecule has 1 amide bonds. The second kappa shape index (κ2) is 8.82. The quantitative estimate of drug-likeness (QED) is 0.349. The molecule has 2 heterocycles. The molecule has 0 bridgehead atoms. The molecule has 0 spiro atoms. The lowest BCUT2D eigenvalue weighted by Crippen LogP contribution is -2.32. The maximum Gasteiger partial charge on any atom is 0.249 e. The highest BCUT2D eigenvalue weighted by atomic mass is 19.3. The molecule has 36 heavy (non-hydrogen) atoms. The van der Waals surface area contributed by atoms with Gasteiger partial charge in [0, 0.05) is 41.7 Å². The van der Waals surface area contributed by atoms with Crippen molar-refractivity contribution in [3.8, 4) is 22.9 Å². The molecular formula is C27H25F2N5O2. The van der Waals surface area contributed by atoms with Crippen LogP contribution in [0.3, 0.4) is 0 Å². The first-order valence-electron chi connectivity index (χ1n) is 11.6. The zero-order chi connectivity index (χ0) is 25.5. The summed E-state index contributed by atoms with van der Waals surface area (Å²) in [6, 6.07) is 14.5. The van der Waals surface area contributed by atoms with Gasteiger partial charge in [-0.05, 0) is 43.2 Å². The number of aromatic nitrogens is 3. The maximum absolute atomic E-state index is 13.9. The number of carbonyl (C=O) groups is 1. The van der Waals surface area contributed by atoms with E-state index >= 15 is 0 Å². The Labute approximate surface area is 206 Å². The van der Waals surface area contributed by atoms with E-state index in [4.69, 9.17) is 10.5 Å². The Kier molecular flexibility index (Phi) is 5.78. The molecular weight excluding hydrogens is 464 g/mol. The van der Waals surface area contributed by atoms with Crippen LogP contribution in [0.15, 0.2) is 60.9 Å². The molecule has 1 atom stereocenters. The number of benzene rings is 2. The molecule has 3 N–H and O–H groups in total. The van der Waals surface area contributed by atoms with Crippen LogP contribution < -0.4 is 15.8 Å². The minimum atomic E-state index is -2.82. The predicted octanol–water partition coefficient (Wildman–Crippen LogP) is 6.14. The number of nitrogen functional groups attached to an aromatic ring is 1. The van der Waals surface area contributed by atoms with Crippen molar-refractivity contribution < 1.29 is 18.3 Å². The first-order chi connectivity index (χ1) is 17.2. The standard InChI is InChI=1S/C27H25F2N5O2/c1-16-8-9-17-18(5-3-7-20(17)33-24(35)26(2)11-12-27(28,29)15-26)22(16)36-23-19(6-4-13-31-23)21-10-14-32-25(30)34-21/h3-10,13-14H,11-12,15H2,1-2H3,(H,33,35)(H2,30,32,34). The number of anilines is 2. The minimum Gasteiger partial charge on any atom is -0.437 e. The second-order valence-corrected chi connectivity index (χ2v) is 9.42. The summed E-state index contributed by atoms with van der Waals surface area (Å²) in [5.74, 6) is -2.20. The summed E-state index contributed by atoms with van der Waals surface area (Å²) in [4.78, 5) is 25.7. The SMILES string of the molecule is Cc1ccc2c(NC(=O)C3(C)CCC(F)(F)C3)cccc2c1Oc1ncccc1-c1ccnc(N)n1. The van der Waals surface area contributed by atoms with Crippen LogP contribution in [0.4, 0.5) is 20.4 Å². The Balaban J connectivity index is 1.51. The van der Waals surface area contributed by atoms with Gasteiger partial charge in [-0.2, -0.15) is 0 Å². The third kappa shape index (κ3) is 4.44. The van der Waals surface area contributed by atoms with E-state index in [-0.39, 0.29) is 18.8 Å². The number of nitrogens with one attached hydrogen (secondary N) is 1. The van der Waals surface area contributed by atoms with Gasteiger partial charge in [-0.1, -0.05) is 31.2 Å². The maximum atomic E-state index is 13.9. The Bertz CT molecular complexity index is 1480. The van der Waals surface area contributed by atoms with Crippen LogP contribution in [-0.4, -0.2) is 26.8 Å². The smallest absolute Gasteiger partial charge is 0.249 e. The van der Waals surface area contributed by atoms with Crippen molar-refractivity contribution in [3.05, 3.63) is 66.5 Å². The number of aryl methyl sites for hydroxylation is 1. The monoisotopic (exact) mass is 489 g/mol. The van der Waals surface area contributed by atoms with Crippen molar-refractivity contribution in [2.75, 3.05) is 11.1 Å². The van der Waals surface area contributed by atoms with Gasteiger partial charge in [-0.25, -0.2) is 23.7 Å². The van der Waals surface area contributed by atoms with E-state index in [1.54, 1.807) is 43.6 Å². The fourth-order valence-corrected chi connectivity index (χ4v) is 4.64. The number of fused-ring (bicyclic) bond motifs is 1. The number of amides is 1. The van der Waals surface area contributed by atoms with Gasteiger partial charge in [-0.15, -0.1) is 0 Å². The first kappa shape index (κ1) is 23.6. The molecule has 2 aromatic carbocycles. The second-order valence-electron chi connectivity index (χ2n) is 9.42. The third-order valence-electron chi connectivity index (χ3n) is 6.62. The number of alkyl halides is 2. The largest absolute Gasteiger partial charge is 0.437 e. The van der Waals surface area contributed by atoms with Gasteiger partial charge in [0.05, 0.1) is 16.7 Å². The molecule has 1 aliphatic carbocycles. The molecule has 0 radical (unpaired) electrons. The summed E-state index contributed by atoms with van der Waals surface area (Å²) in [5, 5.41) is 4.35. The molecule has 7 nitrogen and oxygen atoms in total. The zero-order valence-electron chi connectivity index (χ0n) is 19.9. The number of rotatable bonds is 5. The van der Waals surface area contributed by atoms with E-state index in [1.165, 1.54) is 0 Å². The number of halogens is 2. The molecule has 1 saturated carbocycles. The van der Waals surface area contributed by atoms with Crippen molar-refractivity contribution in [3.63, 3.8) is 0 Å². The summed E-state index contributed by atoms with van der Waals surface area (Å²) in [5.41, 5.74) is 7.23. The predicted molar refractivity (Wildman–Crippen MR) is 134 cm³/mol. The molecule has 5 rings (SSSR count). The van der Waals surface area contributed by atoms with Gasteiger partial charge in [0.15, 0.2) is 0 Å². The van der Waals surface area contributed by atoms with Crippen LogP contribution >= 0.6 is 0 Å². The van der Waals surface area contributed by atoms with Gasteiger partial charge in [-0.3, -0.25) is 4.79 Å². The molecule has 1 fully saturated rings. The van der Waals surface area contributed by atoms with Crippen LogP contribution in [0, 0.1) is 12.3 Å². The van der Waals surface area contributed by atoms with E-state index in [9.17, 15) is 13.6 Å². The Morgan fingerprint density at radius 2 is 1.86 bits per heavy atom. The van der Waals surface area contributed by atoms with E-state index in [0.717, 1.165) is 16.3 Å². The van der Waals surface area contributed by atoms with E-state index in [1.807, 2.05) is 31.2 Å². The number of carbonyl (C=O) groups excluding carboxylic acids is 1. The Morgan fingerprint density at radius 1 is 1.03 bits per heavy atom. The number of ether oxygens (including phenoxy) is 1. The van der Waals surface area contributed by atoms with Crippen LogP contribution in [0.2, 0.25) is 0 Å². The topological polar surface area (TPSA) is 103 Å². The molecule has 0 saturated heterocycles. The minimum absolute atomic E-state index is 0.137. The first-order valence-corrected chi connectivity index (χ1v) is 11.6. The number of pyridine rings is 1. The van der Waals surface area contributed by atoms with Crippen LogP contribution in [0.1, 0.15) is 31.7 Å². The lowest BCUT2D eigenvalue weighted by atomic mass is 9.87. The van der Waals surface area contributed by atoms with Crippen molar-refractivity contribution in [1.29, 1.82) is 0 Å². The fraction of sp³-hybridized carbons (Fsp3) is 0.259. The summed E-state index contributed by atoms with van der Waals surface area (Å²) >= 11 is 0. The van der Waals surface area contributed by atoms with E-state index in [2.05, 4.69) is 20.3 Å². The fourth-order valence-electron chi connectivity index (χ4n) is 4.64. The molecule has 4 aromatic rings. The highest BCUT2D eigenvalue weighted by Crippen LogP contribution is 2.48. The van der Waals surface area contributed by atoms with Gasteiger partial charge in [0.2, 0.25) is 23.7 Å². The van der Waals surface area contributed by atoms with Crippen LogP contribution in [0.5, 0.6) is 11.6 Å². The molecule has 0 aliphatic heterocycles. The lowest BCUT2D eigenvalue weighted by molar-refractivity contribution is -0.126. The summed E-state index contributed by atoms with van der Waals surface area (Å²) in [7, 11) is 0. The normalized spacial score (nSPS) is 18.8. The number of hydrogen-bond acceptors (Lipinski definition) is 6. The van der Waals surface area contributed by atoms with Crippen molar-refractivity contribution in [2.45, 2.75) is 39.0 Å². The van der Waals surface area contributed by atoms with Gasteiger partial charge in [0.25, 0.3) is 0 Å². The van der Waals surface area contributed by atoms with Gasteiger partial charge >= 0.3 is 0 Å². The lowest BCUT2D eigenvalue weighted by Gasteiger charge is -2.23. The highest BCUT2D eigenvalue weighted by Gasteiger charge is 2.50. The Morgan fingerprint density at radius 3 is 2.61 bits per heavy atom. The number of hydrogen-bond donors (Lipinski definition) is 2. The van der Waals surface area contributed by atoms with E-state index < -0.39 is 23.7 Å². The molecule has 184 valence electrons. The summed E-state index contributed by atoms with van der Waals surface area (Å²) < 4.78 is 34.0. The average molecular weight is 490 g/mol. The zero-order valence-corrected chi connectivity index (χ0v) is 19.9. The van der Waals surface area contributed by atoms with Crippen LogP contribution in [-0.2, 0) is 4.79 Å². The number of nitrogens with two attached hydrogens (primary N) is 1. The number of nitrogens with zero attached hydrogens (tertiary/aromatic N) is 3. The van der Waals surface area contributed by atoms with Gasteiger partial charge in [0.1, 0.15) is 5.75 Å². The highest BCUT2D eigenvalue weighted by molar-refractivity contribution is 6.06. The molecule has 1 aliphatic rings. The van der Waals surface area contributed by atoms with Crippen molar-refractivity contribution in [1.82, 2.24) is 15.0 Å².